The molecule has 2 N–H and O–H groups in total. The van der Waals surface area contributed by atoms with E-state index in [1.807, 2.05) is 32.9 Å². The van der Waals surface area contributed by atoms with Crippen molar-refractivity contribution in [3.05, 3.63) is 35.4 Å². The standard InChI is InChI=1S/C16H25NO3/c1-4-5-15(18)10-17-16(19)14-8-6-13(7-9-14)11-20-12(2)3/h6-9,12,15,18H,4-5,10-11H2,1-3H3,(H,17,19). The molecule has 1 unspecified atom stereocenters. The van der Waals surface area contributed by atoms with Crippen LogP contribution < -0.4 is 5.32 Å². The number of carbonyl (C=O) groups is 1. The van der Waals surface area contributed by atoms with Crippen LogP contribution in [-0.2, 0) is 11.3 Å². The van der Waals surface area contributed by atoms with Crippen molar-refractivity contribution in [3.8, 4) is 0 Å². The maximum Gasteiger partial charge on any atom is 0.251 e. The largest absolute Gasteiger partial charge is 0.391 e. The Labute approximate surface area is 121 Å². The van der Waals surface area contributed by atoms with Crippen LogP contribution in [0.5, 0.6) is 0 Å². The van der Waals surface area contributed by atoms with Crippen LogP contribution in [0.3, 0.4) is 0 Å². The normalized spacial score (nSPS) is 12.4. The fourth-order valence-corrected chi connectivity index (χ4v) is 1.76. The van der Waals surface area contributed by atoms with Gasteiger partial charge in [0, 0.05) is 12.1 Å². The Hall–Kier alpha value is -1.39. The highest BCUT2D eigenvalue weighted by Crippen LogP contribution is 2.07. The molecule has 4 nitrogen and oxygen atoms in total. The lowest BCUT2D eigenvalue weighted by Gasteiger charge is -2.11. The molecule has 4 heteroatoms. The number of aliphatic hydroxyl groups is 1. The van der Waals surface area contributed by atoms with Gasteiger partial charge in [-0.05, 0) is 38.0 Å². The van der Waals surface area contributed by atoms with E-state index in [0.717, 1.165) is 12.0 Å². The second kappa shape index (κ2) is 8.72. The van der Waals surface area contributed by atoms with Crippen molar-refractivity contribution in [1.82, 2.24) is 5.32 Å². The number of ether oxygens (including phenoxy) is 1. The number of rotatable bonds is 8. The zero-order valence-corrected chi connectivity index (χ0v) is 12.6. The van der Waals surface area contributed by atoms with Crippen molar-refractivity contribution in [1.29, 1.82) is 0 Å². The summed E-state index contributed by atoms with van der Waals surface area (Å²) in [6.45, 7) is 6.83. The van der Waals surface area contributed by atoms with Crippen LogP contribution in [0.15, 0.2) is 24.3 Å². The maximum atomic E-state index is 11.9. The minimum Gasteiger partial charge on any atom is -0.391 e. The first kappa shape index (κ1) is 16.7. The Morgan fingerprint density at radius 3 is 2.50 bits per heavy atom. The Bertz CT molecular complexity index is 401. The molecule has 0 fully saturated rings. The second-order valence-electron chi connectivity index (χ2n) is 5.21. The van der Waals surface area contributed by atoms with Gasteiger partial charge in [0.05, 0.1) is 18.8 Å². The van der Waals surface area contributed by atoms with Crippen molar-refractivity contribution in [3.63, 3.8) is 0 Å². The zero-order valence-electron chi connectivity index (χ0n) is 12.6. The lowest BCUT2D eigenvalue weighted by molar-refractivity contribution is 0.0656. The number of hydrogen-bond acceptors (Lipinski definition) is 3. The van der Waals surface area contributed by atoms with Crippen LogP contribution in [0.2, 0.25) is 0 Å². The molecule has 0 bridgehead atoms. The third kappa shape index (κ3) is 6.17. The van der Waals surface area contributed by atoms with E-state index in [9.17, 15) is 9.90 Å². The summed E-state index contributed by atoms with van der Waals surface area (Å²) in [5.74, 6) is -0.156. The average Bonchev–Trinajstić information content (AvgIpc) is 2.43. The van der Waals surface area contributed by atoms with Gasteiger partial charge in [-0.25, -0.2) is 0 Å². The molecule has 0 saturated carbocycles. The lowest BCUT2D eigenvalue weighted by Crippen LogP contribution is -2.31. The molecule has 1 amide bonds. The number of nitrogens with one attached hydrogen (secondary N) is 1. The summed E-state index contributed by atoms with van der Waals surface area (Å²) in [6.07, 6.45) is 1.33. The van der Waals surface area contributed by atoms with Gasteiger partial charge in [-0.2, -0.15) is 0 Å². The minimum atomic E-state index is -0.470. The third-order valence-electron chi connectivity index (χ3n) is 2.92. The summed E-state index contributed by atoms with van der Waals surface area (Å²) in [5, 5.41) is 12.3. The molecule has 0 radical (unpaired) electrons. The highest BCUT2D eigenvalue weighted by molar-refractivity contribution is 5.94. The van der Waals surface area contributed by atoms with E-state index in [0.29, 0.717) is 25.1 Å². The second-order valence-corrected chi connectivity index (χ2v) is 5.21. The predicted molar refractivity (Wildman–Crippen MR) is 79.6 cm³/mol. The van der Waals surface area contributed by atoms with Crippen LogP contribution in [0.25, 0.3) is 0 Å². The molecule has 1 atom stereocenters. The van der Waals surface area contributed by atoms with E-state index < -0.39 is 6.10 Å². The van der Waals surface area contributed by atoms with E-state index in [2.05, 4.69) is 5.32 Å². The monoisotopic (exact) mass is 279 g/mol. The van der Waals surface area contributed by atoms with Gasteiger partial charge < -0.3 is 15.2 Å². The molecule has 0 saturated heterocycles. The molecule has 0 spiro atoms. The van der Waals surface area contributed by atoms with E-state index in [4.69, 9.17) is 4.74 Å². The number of amides is 1. The Kier molecular flexibility index (Phi) is 7.26. The molecule has 1 aromatic carbocycles. The summed E-state index contributed by atoms with van der Waals surface area (Å²) >= 11 is 0. The van der Waals surface area contributed by atoms with Crippen molar-refractivity contribution in [2.75, 3.05) is 6.54 Å². The Balaban J connectivity index is 2.45. The van der Waals surface area contributed by atoms with Gasteiger partial charge in [0.25, 0.3) is 5.91 Å². The maximum absolute atomic E-state index is 11.9. The average molecular weight is 279 g/mol. The number of carbonyl (C=O) groups excluding carboxylic acids is 1. The first-order chi connectivity index (χ1) is 9.52. The van der Waals surface area contributed by atoms with Crippen LogP contribution >= 0.6 is 0 Å². The quantitative estimate of drug-likeness (QED) is 0.768. The predicted octanol–water partition coefficient (Wildman–Crippen LogP) is 2.50. The molecule has 0 aliphatic heterocycles. The van der Waals surface area contributed by atoms with Crippen LogP contribution in [-0.4, -0.2) is 29.8 Å². The SMILES string of the molecule is CCCC(O)CNC(=O)c1ccc(COC(C)C)cc1. The van der Waals surface area contributed by atoms with Gasteiger partial charge >= 0.3 is 0 Å². The molecule has 20 heavy (non-hydrogen) atoms. The van der Waals surface area contributed by atoms with Gasteiger partial charge in [0.1, 0.15) is 0 Å². The van der Waals surface area contributed by atoms with Crippen molar-refractivity contribution >= 4 is 5.91 Å². The number of hydrogen-bond donors (Lipinski definition) is 2. The summed E-state index contributed by atoms with van der Waals surface area (Å²) in [4.78, 5) is 11.9. The minimum absolute atomic E-state index is 0.156. The van der Waals surface area contributed by atoms with Crippen LogP contribution in [0, 0.1) is 0 Å². The molecule has 112 valence electrons. The Morgan fingerprint density at radius 1 is 1.30 bits per heavy atom. The summed E-state index contributed by atoms with van der Waals surface area (Å²) in [7, 11) is 0. The van der Waals surface area contributed by atoms with E-state index in [1.54, 1.807) is 12.1 Å². The fourth-order valence-electron chi connectivity index (χ4n) is 1.76. The van der Waals surface area contributed by atoms with Crippen molar-refractivity contribution in [2.45, 2.75) is 52.4 Å². The highest BCUT2D eigenvalue weighted by atomic mass is 16.5. The molecule has 0 aliphatic rings. The fraction of sp³-hybridized carbons (Fsp3) is 0.562. The van der Waals surface area contributed by atoms with E-state index in [-0.39, 0.29) is 12.0 Å². The van der Waals surface area contributed by atoms with Gasteiger partial charge in [-0.15, -0.1) is 0 Å². The number of aliphatic hydroxyl groups excluding tert-OH is 1. The first-order valence-corrected chi connectivity index (χ1v) is 7.19. The molecule has 1 rings (SSSR count). The highest BCUT2D eigenvalue weighted by Gasteiger charge is 2.08. The van der Waals surface area contributed by atoms with E-state index >= 15 is 0 Å². The van der Waals surface area contributed by atoms with Gasteiger partial charge in [0.15, 0.2) is 0 Å². The topological polar surface area (TPSA) is 58.6 Å². The van der Waals surface area contributed by atoms with Gasteiger partial charge in [-0.3, -0.25) is 4.79 Å². The zero-order chi connectivity index (χ0) is 15.0. The molecule has 0 aliphatic carbocycles. The molecular formula is C16H25NO3. The molecule has 0 aromatic heterocycles. The third-order valence-corrected chi connectivity index (χ3v) is 2.92. The summed E-state index contributed by atoms with van der Waals surface area (Å²) < 4.78 is 5.50. The van der Waals surface area contributed by atoms with Gasteiger partial charge in [0.2, 0.25) is 0 Å². The van der Waals surface area contributed by atoms with Crippen molar-refractivity contribution in [2.24, 2.45) is 0 Å². The van der Waals surface area contributed by atoms with Crippen LogP contribution in [0.4, 0.5) is 0 Å². The molecular weight excluding hydrogens is 254 g/mol. The summed E-state index contributed by atoms with van der Waals surface area (Å²) in [5.41, 5.74) is 1.64. The van der Waals surface area contributed by atoms with Crippen LogP contribution in [0.1, 0.15) is 49.5 Å². The number of benzene rings is 1. The van der Waals surface area contributed by atoms with E-state index in [1.165, 1.54) is 0 Å². The van der Waals surface area contributed by atoms with Gasteiger partial charge in [-0.1, -0.05) is 25.5 Å². The van der Waals surface area contributed by atoms with Crippen molar-refractivity contribution < 1.29 is 14.6 Å². The molecule has 0 heterocycles. The Morgan fingerprint density at radius 2 is 1.95 bits per heavy atom. The lowest BCUT2D eigenvalue weighted by atomic mass is 10.1. The molecule has 1 aromatic rings. The smallest absolute Gasteiger partial charge is 0.251 e. The summed E-state index contributed by atoms with van der Waals surface area (Å²) in [6, 6.07) is 7.33. The first-order valence-electron chi connectivity index (χ1n) is 7.19.